The molecule has 0 saturated heterocycles. The molecule has 0 bridgehead atoms. The number of rotatable bonds is 4. The van der Waals surface area contributed by atoms with Crippen LogP contribution < -0.4 is 5.32 Å². The maximum absolute atomic E-state index is 12.6. The Labute approximate surface area is 159 Å². The van der Waals surface area contributed by atoms with Gasteiger partial charge in [0, 0.05) is 16.6 Å². The lowest BCUT2D eigenvalue weighted by atomic mass is 10.1. The molecule has 8 heteroatoms. The highest BCUT2D eigenvalue weighted by atomic mass is 32.1. The molecule has 4 rings (SSSR count). The van der Waals surface area contributed by atoms with Gasteiger partial charge in [-0.25, -0.2) is 9.67 Å². The average molecular weight is 376 g/mol. The molecule has 0 radical (unpaired) electrons. The van der Waals surface area contributed by atoms with Crippen LogP contribution in [-0.2, 0) is 0 Å². The van der Waals surface area contributed by atoms with E-state index in [9.17, 15) is 4.79 Å². The summed E-state index contributed by atoms with van der Waals surface area (Å²) in [6.07, 6.45) is 1.52. The first-order valence-corrected chi connectivity index (χ1v) is 9.16. The smallest absolute Gasteiger partial charge is 0.275 e. The zero-order valence-electron chi connectivity index (χ0n) is 14.7. The lowest BCUT2D eigenvalue weighted by molar-refractivity contribution is 0.102. The number of thiazole rings is 1. The molecular formula is C19H16N6OS. The van der Waals surface area contributed by atoms with Crippen LogP contribution in [0, 0.1) is 13.8 Å². The molecule has 1 amide bonds. The molecule has 0 aliphatic rings. The minimum Gasteiger partial charge on any atom is -0.321 e. The number of hydrogen-bond acceptors (Lipinski definition) is 6. The Kier molecular flexibility index (Phi) is 4.47. The number of amides is 1. The van der Waals surface area contributed by atoms with Crippen LogP contribution in [0.3, 0.4) is 0 Å². The zero-order chi connectivity index (χ0) is 18.8. The van der Waals surface area contributed by atoms with E-state index in [0.717, 1.165) is 21.8 Å². The summed E-state index contributed by atoms with van der Waals surface area (Å²) in [6.45, 7) is 3.99. The Morgan fingerprint density at radius 2 is 1.93 bits per heavy atom. The summed E-state index contributed by atoms with van der Waals surface area (Å²) in [5, 5.41) is 16.7. The molecule has 2 aromatic heterocycles. The third-order valence-electron chi connectivity index (χ3n) is 4.10. The Morgan fingerprint density at radius 1 is 1.11 bits per heavy atom. The van der Waals surface area contributed by atoms with Gasteiger partial charge in [-0.05, 0) is 42.0 Å². The predicted octanol–water partition coefficient (Wildman–Crippen LogP) is 3.65. The van der Waals surface area contributed by atoms with Crippen LogP contribution >= 0.6 is 11.3 Å². The van der Waals surface area contributed by atoms with E-state index in [0.29, 0.717) is 11.4 Å². The first kappa shape index (κ1) is 17.0. The van der Waals surface area contributed by atoms with Gasteiger partial charge in [-0.1, -0.05) is 35.9 Å². The lowest BCUT2D eigenvalue weighted by Gasteiger charge is -2.08. The number of anilines is 1. The van der Waals surface area contributed by atoms with E-state index in [1.807, 2.05) is 56.3 Å². The standard InChI is InChI=1S/C19H16N6OS/c1-12-3-6-14(7-4-12)19-22-16(10-27-19)18(26)21-15-8-5-13(2)17(9-15)25-11-20-23-24-25/h3-11H,1-2H3,(H,21,26). The predicted molar refractivity (Wildman–Crippen MR) is 104 cm³/mol. The quantitative estimate of drug-likeness (QED) is 0.587. The van der Waals surface area contributed by atoms with Crippen LogP contribution in [0.2, 0.25) is 0 Å². The summed E-state index contributed by atoms with van der Waals surface area (Å²) in [7, 11) is 0. The molecule has 2 aromatic carbocycles. The van der Waals surface area contributed by atoms with Crippen molar-refractivity contribution in [3.8, 4) is 16.3 Å². The molecule has 0 unspecified atom stereocenters. The van der Waals surface area contributed by atoms with E-state index in [4.69, 9.17) is 0 Å². The van der Waals surface area contributed by atoms with Gasteiger partial charge in [0.25, 0.3) is 5.91 Å². The Balaban J connectivity index is 1.55. The highest BCUT2D eigenvalue weighted by Gasteiger charge is 2.13. The van der Waals surface area contributed by atoms with Crippen molar-refractivity contribution < 1.29 is 4.79 Å². The molecule has 134 valence electrons. The van der Waals surface area contributed by atoms with Crippen LogP contribution in [0.1, 0.15) is 21.6 Å². The molecule has 0 aliphatic heterocycles. The third-order valence-corrected chi connectivity index (χ3v) is 4.99. The zero-order valence-corrected chi connectivity index (χ0v) is 15.6. The Bertz CT molecular complexity index is 1090. The Morgan fingerprint density at radius 3 is 2.67 bits per heavy atom. The largest absolute Gasteiger partial charge is 0.321 e. The van der Waals surface area contributed by atoms with E-state index in [1.165, 1.54) is 23.2 Å². The lowest BCUT2D eigenvalue weighted by Crippen LogP contribution is -2.13. The van der Waals surface area contributed by atoms with Crippen LogP contribution in [0.4, 0.5) is 5.69 Å². The summed E-state index contributed by atoms with van der Waals surface area (Å²) in [6, 6.07) is 13.7. The van der Waals surface area contributed by atoms with Gasteiger partial charge in [-0.15, -0.1) is 16.4 Å². The van der Waals surface area contributed by atoms with Gasteiger partial charge in [0.05, 0.1) is 5.69 Å². The van der Waals surface area contributed by atoms with E-state index < -0.39 is 0 Å². The second-order valence-corrected chi connectivity index (χ2v) is 6.97. The van der Waals surface area contributed by atoms with Crippen molar-refractivity contribution >= 4 is 22.9 Å². The molecule has 2 heterocycles. The molecule has 0 atom stereocenters. The topological polar surface area (TPSA) is 85.6 Å². The number of hydrogen-bond donors (Lipinski definition) is 1. The minimum absolute atomic E-state index is 0.254. The molecule has 0 fully saturated rings. The fraction of sp³-hybridized carbons (Fsp3) is 0.105. The van der Waals surface area contributed by atoms with E-state index in [1.54, 1.807) is 10.1 Å². The van der Waals surface area contributed by atoms with E-state index in [-0.39, 0.29) is 5.91 Å². The average Bonchev–Trinajstić information content (AvgIpc) is 3.36. The number of aryl methyl sites for hydroxylation is 2. The van der Waals surface area contributed by atoms with Crippen molar-refractivity contribution in [2.75, 3.05) is 5.32 Å². The Hall–Kier alpha value is -3.39. The van der Waals surface area contributed by atoms with Gasteiger partial charge in [0.1, 0.15) is 17.0 Å². The minimum atomic E-state index is -0.254. The fourth-order valence-electron chi connectivity index (χ4n) is 2.61. The van der Waals surface area contributed by atoms with Gasteiger partial charge in [0.2, 0.25) is 0 Å². The number of nitrogens with zero attached hydrogens (tertiary/aromatic N) is 5. The van der Waals surface area contributed by atoms with Crippen molar-refractivity contribution in [1.29, 1.82) is 0 Å². The molecular weight excluding hydrogens is 360 g/mol. The highest BCUT2D eigenvalue weighted by molar-refractivity contribution is 7.13. The molecule has 4 aromatic rings. The van der Waals surface area contributed by atoms with Crippen molar-refractivity contribution in [2.24, 2.45) is 0 Å². The van der Waals surface area contributed by atoms with Crippen LogP contribution in [-0.4, -0.2) is 31.1 Å². The van der Waals surface area contributed by atoms with E-state index in [2.05, 4.69) is 25.8 Å². The van der Waals surface area contributed by atoms with Crippen LogP contribution in [0.15, 0.2) is 54.2 Å². The van der Waals surface area contributed by atoms with Crippen LogP contribution in [0.25, 0.3) is 16.3 Å². The van der Waals surface area contributed by atoms with Gasteiger partial charge in [-0.3, -0.25) is 4.79 Å². The van der Waals surface area contributed by atoms with Gasteiger partial charge >= 0.3 is 0 Å². The first-order chi connectivity index (χ1) is 13.1. The summed E-state index contributed by atoms with van der Waals surface area (Å²) < 4.78 is 1.56. The normalized spacial score (nSPS) is 10.7. The molecule has 7 nitrogen and oxygen atoms in total. The van der Waals surface area contributed by atoms with Gasteiger partial charge < -0.3 is 5.32 Å². The van der Waals surface area contributed by atoms with Crippen molar-refractivity contribution in [1.82, 2.24) is 25.2 Å². The molecule has 27 heavy (non-hydrogen) atoms. The highest BCUT2D eigenvalue weighted by Crippen LogP contribution is 2.25. The molecule has 0 aliphatic carbocycles. The summed E-state index contributed by atoms with van der Waals surface area (Å²) in [4.78, 5) is 17.0. The van der Waals surface area contributed by atoms with Crippen LogP contribution in [0.5, 0.6) is 0 Å². The first-order valence-electron chi connectivity index (χ1n) is 8.28. The maximum Gasteiger partial charge on any atom is 0.275 e. The van der Waals surface area contributed by atoms with Crippen molar-refractivity contribution in [3.63, 3.8) is 0 Å². The van der Waals surface area contributed by atoms with Crippen molar-refractivity contribution in [3.05, 3.63) is 71.0 Å². The molecule has 0 spiro atoms. The second-order valence-electron chi connectivity index (χ2n) is 6.11. The van der Waals surface area contributed by atoms with Crippen molar-refractivity contribution in [2.45, 2.75) is 13.8 Å². The SMILES string of the molecule is Cc1ccc(-c2nc(C(=O)Nc3ccc(C)c(-n4cnnn4)c3)cs2)cc1. The maximum atomic E-state index is 12.6. The van der Waals surface area contributed by atoms with E-state index >= 15 is 0 Å². The fourth-order valence-corrected chi connectivity index (χ4v) is 3.41. The number of aromatic nitrogens is 5. The monoisotopic (exact) mass is 376 g/mol. The van der Waals surface area contributed by atoms with Gasteiger partial charge in [-0.2, -0.15) is 0 Å². The summed E-state index contributed by atoms with van der Waals surface area (Å²) in [5.41, 5.74) is 5.03. The number of carbonyl (C=O) groups excluding carboxylic acids is 1. The second kappa shape index (κ2) is 7.08. The molecule has 0 saturated carbocycles. The number of carbonyl (C=O) groups is 1. The number of nitrogens with one attached hydrogen (secondary N) is 1. The van der Waals surface area contributed by atoms with Gasteiger partial charge in [0.15, 0.2) is 0 Å². The number of tetrazole rings is 1. The summed E-state index contributed by atoms with van der Waals surface area (Å²) in [5.74, 6) is -0.254. The molecule has 1 N–H and O–H groups in total. The summed E-state index contributed by atoms with van der Waals surface area (Å²) >= 11 is 1.45. The third kappa shape index (κ3) is 3.61. The number of benzene rings is 2.